The Labute approximate surface area is 144 Å². The number of alkyl halides is 1. The third-order valence-electron chi connectivity index (χ3n) is 2.76. The average Bonchev–Trinajstić information content (AvgIpc) is 2.44. The molecule has 22 heavy (non-hydrogen) atoms. The maximum Gasteiger partial charge on any atom is 0.408 e. The minimum Gasteiger partial charge on any atom is -0.467 e. The van der Waals surface area contributed by atoms with Gasteiger partial charge in [-0.15, -0.1) is 0 Å². The van der Waals surface area contributed by atoms with Crippen LogP contribution in [0.5, 0.6) is 0 Å². The SMILES string of the molecule is COC(=O)[C@H](Cc1cccc(CI)c1)NC(=O)OC(C)(C)C. The number of methoxy groups -OCH3 is 1. The van der Waals surface area contributed by atoms with Gasteiger partial charge in [0.2, 0.25) is 0 Å². The van der Waals surface area contributed by atoms with Crippen LogP contribution in [0.25, 0.3) is 0 Å². The molecule has 1 rings (SSSR count). The molecule has 1 aromatic rings. The molecule has 0 bridgehead atoms. The average molecular weight is 419 g/mol. The number of hydrogen-bond donors (Lipinski definition) is 1. The molecule has 0 saturated heterocycles. The summed E-state index contributed by atoms with van der Waals surface area (Å²) in [5.41, 5.74) is 1.51. The molecule has 0 aromatic heterocycles. The molecule has 0 aliphatic rings. The molecule has 0 fully saturated rings. The Morgan fingerprint density at radius 3 is 2.45 bits per heavy atom. The normalized spacial score (nSPS) is 12.4. The monoisotopic (exact) mass is 419 g/mol. The zero-order chi connectivity index (χ0) is 16.8. The van der Waals surface area contributed by atoms with Crippen molar-refractivity contribution in [2.45, 2.75) is 43.3 Å². The number of rotatable bonds is 5. The number of benzene rings is 1. The second-order valence-electron chi connectivity index (χ2n) is 5.88. The van der Waals surface area contributed by atoms with Crippen LogP contribution in [0.3, 0.4) is 0 Å². The van der Waals surface area contributed by atoms with Crippen LogP contribution < -0.4 is 5.32 Å². The van der Waals surface area contributed by atoms with Gasteiger partial charge in [-0.05, 0) is 31.9 Å². The minimum absolute atomic E-state index is 0.358. The number of alkyl carbamates (subject to hydrolysis) is 1. The van der Waals surface area contributed by atoms with Crippen molar-refractivity contribution in [1.29, 1.82) is 0 Å². The molecule has 1 atom stereocenters. The summed E-state index contributed by atoms with van der Waals surface area (Å²) in [4.78, 5) is 23.7. The highest BCUT2D eigenvalue weighted by Crippen LogP contribution is 2.12. The maximum absolute atomic E-state index is 11.9. The van der Waals surface area contributed by atoms with E-state index in [1.807, 2.05) is 24.3 Å². The van der Waals surface area contributed by atoms with Crippen LogP contribution in [0.4, 0.5) is 4.79 Å². The lowest BCUT2D eigenvalue weighted by atomic mass is 10.0. The third-order valence-corrected chi connectivity index (χ3v) is 3.64. The number of esters is 1. The van der Waals surface area contributed by atoms with Crippen LogP contribution in [-0.2, 0) is 25.1 Å². The topological polar surface area (TPSA) is 64.6 Å². The minimum atomic E-state index is -0.774. The maximum atomic E-state index is 11.9. The van der Waals surface area contributed by atoms with Crippen molar-refractivity contribution in [3.05, 3.63) is 35.4 Å². The number of carbonyl (C=O) groups is 2. The quantitative estimate of drug-likeness (QED) is 0.452. The highest BCUT2D eigenvalue weighted by atomic mass is 127. The molecule has 0 radical (unpaired) electrons. The van der Waals surface area contributed by atoms with Crippen LogP contribution in [0, 0.1) is 0 Å². The van der Waals surface area contributed by atoms with Crippen molar-refractivity contribution in [3.8, 4) is 0 Å². The van der Waals surface area contributed by atoms with Crippen molar-refractivity contribution in [2.75, 3.05) is 7.11 Å². The van der Waals surface area contributed by atoms with Crippen molar-refractivity contribution >= 4 is 34.7 Å². The van der Waals surface area contributed by atoms with E-state index in [1.54, 1.807) is 20.8 Å². The number of amides is 1. The van der Waals surface area contributed by atoms with Gasteiger partial charge in [0.05, 0.1) is 7.11 Å². The fourth-order valence-corrected chi connectivity index (χ4v) is 2.34. The fraction of sp³-hybridized carbons (Fsp3) is 0.500. The van der Waals surface area contributed by atoms with Gasteiger partial charge < -0.3 is 14.8 Å². The van der Waals surface area contributed by atoms with E-state index in [1.165, 1.54) is 12.7 Å². The van der Waals surface area contributed by atoms with Gasteiger partial charge in [0.15, 0.2) is 0 Å². The molecular weight excluding hydrogens is 397 g/mol. The van der Waals surface area contributed by atoms with E-state index in [9.17, 15) is 9.59 Å². The Bertz CT molecular complexity index is 525. The van der Waals surface area contributed by atoms with Crippen LogP contribution in [0.1, 0.15) is 31.9 Å². The fourth-order valence-electron chi connectivity index (χ4n) is 1.86. The van der Waals surface area contributed by atoms with E-state index in [0.717, 1.165) is 9.99 Å². The largest absolute Gasteiger partial charge is 0.467 e. The molecule has 6 heteroatoms. The zero-order valence-corrected chi connectivity index (χ0v) is 15.5. The summed E-state index contributed by atoms with van der Waals surface area (Å²) in [7, 11) is 1.30. The van der Waals surface area contributed by atoms with Crippen molar-refractivity contribution < 1.29 is 19.1 Å². The van der Waals surface area contributed by atoms with Gasteiger partial charge >= 0.3 is 12.1 Å². The first-order valence-corrected chi connectivity index (χ1v) is 8.49. The second kappa shape index (κ2) is 8.36. The molecule has 0 unspecified atom stereocenters. The Morgan fingerprint density at radius 1 is 1.27 bits per heavy atom. The molecule has 122 valence electrons. The van der Waals surface area contributed by atoms with E-state index < -0.39 is 23.7 Å². The lowest BCUT2D eigenvalue weighted by molar-refractivity contribution is -0.143. The van der Waals surface area contributed by atoms with E-state index in [4.69, 9.17) is 9.47 Å². The van der Waals surface area contributed by atoms with Crippen LogP contribution in [0.15, 0.2) is 24.3 Å². The van der Waals surface area contributed by atoms with Gasteiger partial charge in [-0.2, -0.15) is 0 Å². The molecule has 0 spiro atoms. The van der Waals surface area contributed by atoms with Gasteiger partial charge in [0.1, 0.15) is 11.6 Å². The second-order valence-corrected chi connectivity index (χ2v) is 6.64. The Kier molecular flexibility index (Phi) is 7.12. The van der Waals surface area contributed by atoms with Crippen LogP contribution in [0.2, 0.25) is 0 Å². The number of hydrogen-bond acceptors (Lipinski definition) is 4. The number of halogens is 1. The smallest absolute Gasteiger partial charge is 0.408 e. The van der Waals surface area contributed by atoms with Gasteiger partial charge in [0.25, 0.3) is 0 Å². The third kappa shape index (κ3) is 6.64. The summed E-state index contributed by atoms with van der Waals surface area (Å²) in [5, 5.41) is 2.57. The van der Waals surface area contributed by atoms with Crippen LogP contribution >= 0.6 is 22.6 Å². The first kappa shape index (κ1) is 18.7. The van der Waals surface area contributed by atoms with E-state index in [0.29, 0.717) is 6.42 Å². The van der Waals surface area contributed by atoms with Crippen molar-refractivity contribution in [2.24, 2.45) is 0 Å². The van der Waals surface area contributed by atoms with Gasteiger partial charge in [0, 0.05) is 10.8 Å². The summed E-state index contributed by atoms with van der Waals surface area (Å²) in [6, 6.07) is 7.11. The first-order valence-electron chi connectivity index (χ1n) is 6.96. The molecule has 5 nitrogen and oxygen atoms in total. The van der Waals surface area contributed by atoms with E-state index in [2.05, 4.69) is 27.9 Å². The molecule has 1 aromatic carbocycles. The van der Waals surface area contributed by atoms with E-state index >= 15 is 0 Å². The standard InChI is InChI=1S/C16H22INO4/c1-16(2,3)22-15(20)18-13(14(19)21-4)9-11-6-5-7-12(8-11)10-17/h5-8,13H,9-10H2,1-4H3,(H,18,20)/t13-/m0/s1. The highest BCUT2D eigenvalue weighted by molar-refractivity contribution is 14.1. The Morgan fingerprint density at radius 2 is 1.91 bits per heavy atom. The summed E-state index contributed by atoms with van der Waals surface area (Å²) in [5.74, 6) is -0.495. The van der Waals surface area contributed by atoms with Crippen molar-refractivity contribution in [3.63, 3.8) is 0 Å². The van der Waals surface area contributed by atoms with Crippen molar-refractivity contribution in [1.82, 2.24) is 5.32 Å². The molecule has 1 amide bonds. The lowest BCUT2D eigenvalue weighted by Gasteiger charge is -2.22. The highest BCUT2D eigenvalue weighted by Gasteiger charge is 2.25. The predicted molar refractivity (Wildman–Crippen MR) is 93.0 cm³/mol. The molecule has 0 heterocycles. The molecule has 0 aliphatic carbocycles. The summed E-state index contributed by atoms with van der Waals surface area (Å²) < 4.78 is 10.8. The van der Waals surface area contributed by atoms with Gasteiger partial charge in [-0.25, -0.2) is 9.59 Å². The van der Waals surface area contributed by atoms with Gasteiger partial charge in [-0.3, -0.25) is 0 Å². The molecule has 0 aliphatic heterocycles. The molecular formula is C16H22INO4. The number of ether oxygens (including phenoxy) is 2. The van der Waals surface area contributed by atoms with E-state index in [-0.39, 0.29) is 0 Å². The summed E-state index contributed by atoms with van der Waals surface area (Å²) in [6.45, 7) is 5.30. The number of nitrogens with one attached hydrogen (secondary N) is 1. The van der Waals surface area contributed by atoms with Crippen LogP contribution in [-0.4, -0.2) is 30.8 Å². The molecule has 1 N–H and O–H groups in total. The Balaban J connectivity index is 2.80. The lowest BCUT2D eigenvalue weighted by Crippen LogP contribution is -2.45. The predicted octanol–water partition coefficient (Wildman–Crippen LogP) is 3.23. The first-order chi connectivity index (χ1) is 10.2. The number of carbonyl (C=O) groups excluding carboxylic acids is 2. The molecule has 0 saturated carbocycles. The summed E-state index contributed by atoms with van der Waals surface area (Å²) in [6.07, 6.45) is -0.274. The van der Waals surface area contributed by atoms with Gasteiger partial charge in [-0.1, -0.05) is 46.9 Å². The summed E-state index contributed by atoms with van der Waals surface area (Å²) >= 11 is 2.28. The Hall–Kier alpha value is -1.31. The zero-order valence-electron chi connectivity index (χ0n) is 13.3.